The number of nitrogens with zero attached hydrogens (tertiary/aromatic N) is 3. The van der Waals surface area contributed by atoms with Gasteiger partial charge in [0.05, 0.1) is 0 Å². The minimum Gasteiger partial charge on any atom is -0.396 e. The molecule has 1 atom stereocenters. The molecule has 0 fully saturated rings. The van der Waals surface area contributed by atoms with Gasteiger partial charge in [-0.2, -0.15) is 0 Å². The molecule has 122 valence electrons. The van der Waals surface area contributed by atoms with Crippen molar-refractivity contribution in [2.24, 2.45) is 15.9 Å². The molecule has 0 saturated heterocycles. The van der Waals surface area contributed by atoms with Crippen LogP contribution in [0, 0.1) is 12.8 Å². The van der Waals surface area contributed by atoms with Crippen molar-refractivity contribution in [3.05, 3.63) is 21.8 Å². The Bertz CT molecular complexity index is 518. The van der Waals surface area contributed by atoms with Crippen molar-refractivity contribution in [1.29, 1.82) is 0 Å². The van der Waals surface area contributed by atoms with E-state index in [0.717, 1.165) is 35.7 Å². The van der Waals surface area contributed by atoms with Gasteiger partial charge < -0.3 is 10.4 Å². The molecule has 1 heterocycles. The summed E-state index contributed by atoms with van der Waals surface area (Å²) in [7, 11) is 0. The highest BCUT2D eigenvalue weighted by molar-refractivity contribution is 7.12. The molecule has 0 spiro atoms. The molecular weight excluding hydrogens is 296 g/mol. The highest BCUT2D eigenvalue weighted by atomic mass is 32.1. The molecule has 1 aromatic heterocycles. The number of aliphatic hydroxyl groups is 1. The van der Waals surface area contributed by atoms with Gasteiger partial charge in [-0.25, -0.2) is 9.98 Å². The van der Waals surface area contributed by atoms with Crippen molar-refractivity contribution >= 4 is 30.0 Å². The minimum absolute atomic E-state index is 0.251. The monoisotopic (exact) mass is 322 g/mol. The van der Waals surface area contributed by atoms with E-state index in [1.54, 1.807) is 11.3 Å². The van der Waals surface area contributed by atoms with Gasteiger partial charge in [0.2, 0.25) is 0 Å². The van der Waals surface area contributed by atoms with E-state index < -0.39 is 0 Å². The van der Waals surface area contributed by atoms with Crippen molar-refractivity contribution in [1.82, 2.24) is 10.3 Å². The fourth-order valence-corrected chi connectivity index (χ4v) is 2.86. The summed E-state index contributed by atoms with van der Waals surface area (Å²) in [4.78, 5) is 13.6. The van der Waals surface area contributed by atoms with Crippen LogP contribution in [0.1, 0.15) is 36.6 Å². The Morgan fingerprint density at radius 3 is 2.91 bits per heavy atom. The number of aliphatic hydroxyl groups excluding tert-OH is 1. The van der Waals surface area contributed by atoms with E-state index >= 15 is 0 Å². The summed E-state index contributed by atoms with van der Waals surface area (Å²) < 4.78 is 0. The number of aryl methyl sites for hydroxylation is 1. The third kappa shape index (κ3) is 6.17. The van der Waals surface area contributed by atoms with Crippen LogP contribution in [-0.2, 0) is 0 Å². The van der Waals surface area contributed by atoms with Gasteiger partial charge in [0.15, 0.2) is 0 Å². The van der Waals surface area contributed by atoms with E-state index in [4.69, 9.17) is 0 Å². The van der Waals surface area contributed by atoms with Crippen LogP contribution in [0.3, 0.4) is 0 Å². The van der Waals surface area contributed by atoms with Gasteiger partial charge in [0, 0.05) is 35.5 Å². The number of rotatable bonds is 10. The van der Waals surface area contributed by atoms with E-state index in [-0.39, 0.29) is 6.61 Å². The second-order valence-corrected chi connectivity index (χ2v) is 6.42. The quantitative estimate of drug-likeness (QED) is 0.395. The highest BCUT2D eigenvalue weighted by Crippen LogP contribution is 2.23. The van der Waals surface area contributed by atoms with Crippen LogP contribution >= 0.6 is 11.3 Å². The van der Waals surface area contributed by atoms with E-state index in [9.17, 15) is 5.11 Å². The predicted molar refractivity (Wildman–Crippen MR) is 95.8 cm³/mol. The van der Waals surface area contributed by atoms with E-state index in [0.29, 0.717) is 12.5 Å². The normalized spacial score (nSPS) is 14.2. The summed E-state index contributed by atoms with van der Waals surface area (Å²) in [6, 6.07) is 0. The van der Waals surface area contributed by atoms with Crippen molar-refractivity contribution in [2.45, 2.75) is 33.6 Å². The molecule has 1 unspecified atom stereocenters. The number of aliphatic imine (C=N–C) groups is 2. The number of aromatic nitrogens is 1. The summed E-state index contributed by atoms with van der Waals surface area (Å²) in [5.41, 5.74) is 1.97. The molecule has 5 nitrogen and oxygen atoms in total. The fraction of sp³-hybridized carbons (Fsp3) is 0.562. The molecule has 0 saturated carbocycles. The third-order valence-corrected chi connectivity index (χ3v) is 4.49. The first-order chi connectivity index (χ1) is 10.6. The van der Waals surface area contributed by atoms with Crippen LogP contribution in [-0.4, -0.2) is 42.8 Å². The highest BCUT2D eigenvalue weighted by Gasteiger charge is 2.10. The van der Waals surface area contributed by atoms with Crippen molar-refractivity contribution in [2.75, 3.05) is 19.7 Å². The predicted octanol–water partition coefficient (Wildman–Crippen LogP) is 2.91. The lowest BCUT2D eigenvalue weighted by Crippen LogP contribution is -2.21. The SMILES string of the molecule is C=NC=N/C(C)=C(\CNCCC(CC)CO)c1ncc(C)s1. The molecule has 0 amide bonds. The number of nitrogens with one attached hydrogen (secondary N) is 1. The van der Waals surface area contributed by atoms with Crippen LogP contribution in [0.25, 0.3) is 5.57 Å². The van der Waals surface area contributed by atoms with Gasteiger partial charge in [-0.3, -0.25) is 4.99 Å². The first kappa shape index (κ1) is 18.7. The van der Waals surface area contributed by atoms with Crippen LogP contribution in [0.15, 0.2) is 21.9 Å². The lowest BCUT2D eigenvalue weighted by Gasteiger charge is -2.13. The van der Waals surface area contributed by atoms with E-state index in [1.807, 2.05) is 20.0 Å². The average molecular weight is 322 g/mol. The van der Waals surface area contributed by atoms with E-state index in [2.05, 4.69) is 33.9 Å². The van der Waals surface area contributed by atoms with Gasteiger partial charge in [0.25, 0.3) is 0 Å². The van der Waals surface area contributed by atoms with Crippen molar-refractivity contribution in [3.63, 3.8) is 0 Å². The Hall–Kier alpha value is -1.37. The zero-order valence-electron chi connectivity index (χ0n) is 13.7. The zero-order chi connectivity index (χ0) is 16.4. The Morgan fingerprint density at radius 1 is 1.59 bits per heavy atom. The molecule has 0 bridgehead atoms. The van der Waals surface area contributed by atoms with E-state index in [1.165, 1.54) is 11.2 Å². The summed E-state index contributed by atoms with van der Waals surface area (Å²) in [5, 5.41) is 13.6. The lowest BCUT2D eigenvalue weighted by atomic mass is 10.0. The molecule has 1 rings (SSSR count). The maximum absolute atomic E-state index is 9.22. The Balaban J connectivity index is 2.71. The van der Waals surface area contributed by atoms with Gasteiger partial charge in [-0.1, -0.05) is 13.3 Å². The van der Waals surface area contributed by atoms with Gasteiger partial charge in [-0.15, -0.1) is 11.3 Å². The smallest absolute Gasteiger partial charge is 0.122 e. The minimum atomic E-state index is 0.251. The first-order valence-electron chi connectivity index (χ1n) is 7.54. The number of allylic oxidation sites excluding steroid dienone is 1. The standard InChI is InChI=1S/C16H26N4OS/c1-5-14(10-21)6-7-18-9-15(13(3)20-11-17-4)16-19-8-12(2)22-16/h8,11,14,18,21H,4-7,9-10H2,1-3H3/b15-13+,20-11?. The summed E-state index contributed by atoms with van der Waals surface area (Å²) in [5.74, 6) is 0.367. The molecule has 6 heteroatoms. The maximum Gasteiger partial charge on any atom is 0.122 e. The lowest BCUT2D eigenvalue weighted by molar-refractivity contribution is 0.214. The zero-order valence-corrected chi connectivity index (χ0v) is 14.5. The molecule has 1 aromatic rings. The summed E-state index contributed by atoms with van der Waals surface area (Å²) >= 11 is 1.66. The molecule has 0 aliphatic carbocycles. The van der Waals surface area contributed by atoms with Crippen LogP contribution < -0.4 is 5.32 Å². The Labute approximate surface area is 136 Å². The average Bonchev–Trinajstić information content (AvgIpc) is 2.94. The third-order valence-electron chi connectivity index (χ3n) is 3.52. The first-order valence-corrected chi connectivity index (χ1v) is 8.36. The number of hydrogen-bond donors (Lipinski definition) is 2. The summed E-state index contributed by atoms with van der Waals surface area (Å²) in [6.07, 6.45) is 5.30. The topological polar surface area (TPSA) is 69.9 Å². The second-order valence-electron chi connectivity index (χ2n) is 5.19. The largest absolute Gasteiger partial charge is 0.396 e. The molecule has 0 aromatic carbocycles. The van der Waals surface area contributed by atoms with Crippen molar-refractivity contribution < 1.29 is 5.11 Å². The summed E-state index contributed by atoms with van der Waals surface area (Å²) in [6.45, 7) is 11.3. The molecule has 0 aliphatic rings. The molecule has 0 aliphatic heterocycles. The fourth-order valence-electron chi connectivity index (χ4n) is 2.00. The van der Waals surface area contributed by atoms with Gasteiger partial charge in [-0.05, 0) is 39.4 Å². The molecule has 2 N–H and O–H groups in total. The Morgan fingerprint density at radius 2 is 2.36 bits per heavy atom. The van der Waals surface area contributed by atoms with Gasteiger partial charge in [0.1, 0.15) is 11.3 Å². The van der Waals surface area contributed by atoms with Gasteiger partial charge >= 0.3 is 0 Å². The van der Waals surface area contributed by atoms with Crippen LogP contribution in [0.5, 0.6) is 0 Å². The number of thiazole rings is 1. The molecular formula is C16H26N4OS. The Kier molecular flexibility index (Phi) is 8.81. The number of hydrogen-bond acceptors (Lipinski definition) is 5. The van der Waals surface area contributed by atoms with Crippen molar-refractivity contribution in [3.8, 4) is 0 Å². The maximum atomic E-state index is 9.22. The molecule has 22 heavy (non-hydrogen) atoms. The second kappa shape index (κ2) is 10.4. The van der Waals surface area contributed by atoms with Crippen LogP contribution in [0.4, 0.5) is 0 Å². The van der Waals surface area contributed by atoms with Crippen LogP contribution in [0.2, 0.25) is 0 Å². The molecule has 0 radical (unpaired) electrons.